The van der Waals surface area contributed by atoms with Crippen LogP contribution in [0.5, 0.6) is 5.75 Å². The van der Waals surface area contributed by atoms with Gasteiger partial charge in [-0.15, -0.1) is 11.3 Å². The molecule has 6 nitrogen and oxygen atoms in total. The van der Waals surface area contributed by atoms with Crippen molar-refractivity contribution in [3.63, 3.8) is 0 Å². The quantitative estimate of drug-likeness (QED) is 0.553. The lowest BCUT2D eigenvalue weighted by Crippen LogP contribution is -2.24. The third kappa shape index (κ3) is 3.79. The number of hydrogen-bond donors (Lipinski definition) is 1. The second-order valence-electron chi connectivity index (χ2n) is 6.43. The van der Waals surface area contributed by atoms with Crippen LogP contribution in [0.3, 0.4) is 0 Å². The highest BCUT2D eigenvalue weighted by molar-refractivity contribution is 7.15. The largest absolute Gasteiger partial charge is 0.508 e. The fourth-order valence-corrected chi connectivity index (χ4v) is 3.98. The molecule has 0 atom stereocenters. The first-order valence-corrected chi connectivity index (χ1v) is 9.46. The summed E-state index contributed by atoms with van der Waals surface area (Å²) in [4.78, 5) is 19.9. The number of aromatic hydroxyl groups is 1. The smallest absolute Gasteiger partial charge is 0.259 e. The molecule has 0 saturated carbocycles. The molecule has 1 aromatic carbocycles. The third-order valence-electron chi connectivity index (χ3n) is 4.36. The predicted octanol–water partition coefficient (Wildman–Crippen LogP) is 3.57. The van der Waals surface area contributed by atoms with Crippen molar-refractivity contribution in [2.45, 2.75) is 26.6 Å². The highest BCUT2D eigenvalue weighted by Crippen LogP contribution is 2.21. The number of fused-ring (bicyclic) bond motifs is 1. The summed E-state index contributed by atoms with van der Waals surface area (Å²) in [5.41, 5.74) is 2.33. The summed E-state index contributed by atoms with van der Waals surface area (Å²) in [6.07, 6.45) is 1.64. The van der Waals surface area contributed by atoms with Crippen LogP contribution in [0, 0.1) is 6.92 Å². The van der Waals surface area contributed by atoms with Gasteiger partial charge < -0.3 is 9.52 Å². The van der Waals surface area contributed by atoms with E-state index in [0.717, 1.165) is 17.0 Å². The monoisotopic (exact) mass is 381 g/mol. The summed E-state index contributed by atoms with van der Waals surface area (Å²) >= 11 is 1.46. The van der Waals surface area contributed by atoms with Crippen molar-refractivity contribution in [1.29, 1.82) is 0 Å². The maximum Gasteiger partial charge on any atom is 0.259 e. The topological polar surface area (TPSA) is 71.0 Å². The number of hydrogen-bond acceptors (Lipinski definition) is 6. The molecular formula is C20H19N3O3S. The molecule has 27 heavy (non-hydrogen) atoms. The molecular weight excluding hydrogens is 362 g/mol. The Morgan fingerprint density at radius 2 is 2.04 bits per heavy atom. The molecule has 7 heteroatoms. The van der Waals surface area contributed by atoms with Gasteiger partial charge in [0.15, 0.2) is 4.96 Å². The minimum Gasteiger partial charge on any atom is -0.508 e. The first-order chi connectivity index (χ1) is 13.1. The Bertz CT molecular complexity index is 1120. The van der Waals surface area contributed by atoms with E-state index < -0.39 is 0 Å². The molecule has 0 radical (unpaired) electrons. The molecule has 3 aromatic heterocycles. The van der Waals surface area contributed by atoms with Gasteiger partial charge in [-0.25, -0.2) is 4.98 Å². The van der Waals surface area contributed by atoms with Gasteiger partial charge >= 0.3 is 0 Å². The molecule has 138 valence electrons. The van der Waals surface area contributed by atoms with Crippen LogP contribution in [0.25, 0.3) is 4.96 Å². The van der Waals surface area contributed by atoms with Gasteiger partial charge in [0.2, 0.25) is 0 Å². The number of rotatable bonds is 6. The van der Waals surface area contributed by atoms with Crippen LogP contribution in [0.1, 0.15) is 22.7 Å². The molecule has 0 saturated heterocycles. The number of nitrogens with zero attached hydrogens (tertiary/aromatic N) is 3. The average Bonchev–Trinajstić information content (AvgIpc) is 3.27. The highest BCUT2D eigenvalue weighted by Gasteiger charge is 2.14. The Morgan fingerprint density at radius 1 is 1.19 bits per heavy atom. The summed E-state index contributed by atoms with van der Waals surface area (Å²) < 4.78 is 7.10. The predicted molar refractivity (Wildman–Crippen MR) is 104 cm³/mol. The van der Waals surface area contributed by atoms with Crippen molar-refractivity contribution in [2.24, 2.45) is 0 Å². The molecule has 1 N–H and O–H groups in total. The van der Waals surface area contributed by atoms with Crippen molar-refractivity contribution < 1.29 is 9.52 Å². The van der Waals surface area contributed by atoms with Crippen molar-refractivity contribution in [2.75, 3.05) is 0 Å². The van der Waals surface area contributed by atoms with E-state index in [9.17, 15) is 9.90 Å². The normalized spacial score (nSPS) is 11.5. The van der Waals surface area contributed by atoms with Gasteiger partial charge in [0, 0.05) is 35.8 Å². The lowest BCUT2D eigenvalue weighted by atomic mass is 10.2. The summed E-state index contributed by atoms with van der Waals surface area (Å²) in [6, 6.07) is 12.6. The van der Waals surface area contributed by atoms with E-state index in [0.29, 0.717) is 30.3 Å². The number of para-hydroxylation sites is 1. The van der Waals surface area contributed by atoms with Gasteiger partial charge in [-0.05, 0) is 25.1 Å². The molecule has 4 aromatic rings. The molecule has 0 amide bonds. The van der Waals surface area contributed by atoms with Gasteiger partial charge in [-0.1, -0.05) is 18.2 Å². The van der Waals surface area contributed by atoms with Crippen molar-refractivity contribution in [3.05, 3.63) is 87.2 Å². The van der Waals surface area contributed by atoms with E-state index in [1.807, 2.05) is 36.6 Å². The molecule has 3 heterocycles. The fraction of sp³-hybridized carbons (Fsp3) is 0.200. The molecule has 0 unspecified atom stereocenters. The third-order valence-corrected chi connectivity index (χ3v) is 5.30. The van der Waals surface area contributed by atoms with Crippen LogP contribution >= 0.6 is 11.3 Å². The van der Waals surface area contributed by atoms with Gasteiger partial charge in [0.05, 0.1) is 18.5 Å². The van der Waals surface area contributed by atoms with Gasteiger partial charge in [-0.2, -0.15) is 0 Å². The van der Waals surface area contributed by atoms with Crippen LogP contribution < -0.4 is 5.56 Å². The number of aromatic nitrogens is 2. The van der Waals surface area contributed by atoms with E-state index in [1.165, 1.54) is 11.3 Å². The van der Waals surface area contributed by atoms with Crippen molar-refractivity contribution in [1.82, 2.24) is 14.3 Å². The van der Waals surface area contributed by atoms with Gasteiger partial charge in [-0.3, -0.25) is 14.1 Å². The SMILES string of the molecule is Cc1csc2nc(CN(Cc3ccco3)Cc3ccccc3O)cc(=O)n12. The Kier molecular flexibility index (Phi) is 4.79. The van der Waals surface area contributed by atoms with Gasteiger partial charge in [0.25, 0.3) is 5.56 Å². The molecule has 0 bridgehead atoms. The second kappa shape index (κ2) is 7.38. The van der Waals surface area contributed by atoms with E-state index in [-0.39, 0.29) is 11.3 Å². The number of phenols is 1. The lowest BCUT2D eigenvalue weighted by molar-refractivity contribution is 0.221. The summed E-state index contributed by atoms with van der Waals surface area (Å²) in [5, 5.41) is 12.0. The molecule has 0 fully saturated rings. The Hall–Kier alpha value is -2.90. The van der Waals surface area contributed by atoms with E-state index in [4.69, 9.17) is 4.42 Å². The number of furan rings is 1. The molecule has 0 aliphatic rings. The zero-order valence-electron chi connectivity index (χ0n) is 14.8. The maximum atomic E-state index is 12.4. The lowest BCUT2D eigenvalue weighted by Gasteiger charge is -2.21. The maximum absolute atomic E-state index is 12.4. The molecule has 0 aliphatic carbocycles. The summed E-state index contributed by atoms with van der Waals surface area (Å²) in [7, 11) is 0. The molecule has 4 rings (SSSR count). The van der Waals surface area contributed by atoms with Gasteiger partial charge in [0.1, 0.15) is 11.5 Å². The van der Waals surface area contributed by atoms with Crippen LogP contribution in [-0.2, 0) is 19.6 Å². The average molecular weight is 381 g/mol. The highest BCUT2D eigenvalue weighted by atomic mass is 32.1. The number of phenolic OH excluding ortho intramolecular Hbond substituents is 1. The fourth-order valence-electron chi connectivity index (χ4n) is 3.09. The Labute approximate surface area is 160 Å². The first kappa shape index (κ1) is 17.5. The summed E-state index contributed by atoms with van der Waals surface area (Å²) in [6.45, 7) is 3.43. The molecule has 0 aliphatic heterocycles. The molecule has 0 spiro atoms. The minimum absolute atomic E-state index is 0.0748. The van der Waals surface area contributed by atoms with Crippen LogP contribution in [0.2, 0.25) is 0 Å². The van der Waals surface area contributed by atoms with Crippen molar-refractivity contribution >= 4 is 16.3 Å². The summed E-state index contributed by atoms with van der Waals surface area (Å²) in [5.74, 6) is 1.06. The minimum atomic E-state index is -0.0748. The number of aryl methyl sites for hydroxylation is 1. The number of benzene rings is 1. The van der Waals surface area contributed by atoms with E-state index in [1.54, 1.807) is 28.9 Å². The van der Waals surface area contributed by atoms with Crippen molar-refractivity contribution in [3.8, 4) is 5.75 Å². The van der Waals surface area contributed by atoms with E-state index >= 15 is 0 Å². The van der Waals surface area contributed by atoms with E-state index in [2.05, 4.69) is 9.88 Å². The van der Waals surface area contributed by atoms with Crippen LogP contribution in [0.4, 0.5) is 0 Å². The standard InChI is InChI=1S/C20H19N3O3S/c1-14-13-27-20-21-16(9-19(25)23(14)20)11-22(12-17-6-4-8-26-17)10-15-5-2-3-7-18(15)24/h2-9,13,24H,10-12H2,1H3. The van der Waals surface area contributed by atoms with Crippen LogP contribution in [-0.4, -0.2) is 19.4 Å². The number of thiazole rings is 1. The Morgan fingerprint density at radius 3 is 2.81 bits per heavy atom. The van der Waals surface area contributed by atoms with Crippen LogP contribution in [0.15, 0.2) is 63.3 Å². The first-order valence-electron chi connectivity index (χ1n) is 8.58. The Balaban J connectivity index is 1.64. The zero-order chi connectivity index (χ0) is 18.8. The zero-order valence-corrected chi connectivity index (χ0v) is 15.6. The second-order valence-corrected chi connectivity index (χ2v) is 7.27.